The maximum atomic E-state index is 13.0. The largest absolute Gasteiger partial charge is 0.401 e. The Balaban J connectivity index is 1.78. The third-order valence-electron chi connectivity index (χ3n) is 5.49. The molecule has 1 N–H and O–H groups in total. The van der Waals surface area contributed by atoms with Crippen molar-refractivity contribution in [3.05, 3.63) is 35.9 Å². The average Bonchev–Trinajstić information content (AvgIpc) is 2.82. The quantitative estimate of drug-likeness (QED) is 0.792. The second kappa shape index (κ2) is 7.50. The molecule has 1 spiro atoms. The van der Waals surface area contributed by atoms with Crippen molar-refractivity contribution in [2.24, 2.45) is 5.92 Å². The summed E-state index contributed by atoms with van der Waals surface area (Å²) in [5.41, 5.74) is -0.277. The highest BCUT2D eigenvalue weighted by molar-refractivity contribution is 6.07. The predicted molar refractivity (Wildman–Crippen MR) is 93.5 cm³/mol. The molecule has 1 aromatic carbocycles. The summed E-state index contributed by atoms with van der Waals surface area (Å²) in [7, 11) is 0. The van der Waals surface area contributed by atoms with Crippen LogP contribution in [0.4, 0.5) is 18.0 Å². The highest BCUT2D eigenvalue weighted by Gasteiger charge is 2.55. The molecule has 1 aliphatic heterocycles. The minimum atomic E-state index is -4.43. The lowest BCUT2D eigenvalue weighted by Gasteiger charge is -2.37. The van der Waals surface area contributed by atoms with Crippen molar-refractivity contribution in [1.29, 1.82) is 0 Å². The number of imide groups is 1. The first kappa shape index (κ1) is 19.7. The van der Waals surface area contributed by atoms with E-state index >= 15 is 0 Å². The van der Waals surface area contributed by atoms with Crippen LogP contribution in [-0.2, 0) is 11.3 Å². The summed E-state index contributed by atoms with van der Waals surface area (Å²) in [5.74, 6) is -0.433. The van der Waals surface area contributed by atoms with Crippen LogP contribution in [0.5, 0.6) is 0 Å². The molecule has 8 heteroatoms. The van der Waals surface area contributed by atoms with E-state index in [4.69, 9.17) is 0 Å². The van der Waals surface area contributed by atoms with Crippen LogP contribution in [0.3, 0.4) is 0 Å². The lowest BCUT2D eigenvalue weighted by atomic mass is 9.73. The standard InChI is InChI=1S/C19H24F3N3O2/c1-14-7-5-6-10-18(14)16(26)25(17(27)23-18)13-24(12-19(20,21)22)11-15-8-3-2-4-9-15/h2-4,8-9,14H,5-7,10-13H2,1H3,(H,23,27)/t14-,18+/m1/s1. The van der Waals surface area contributed by atoms with Crippen molar-refractivity contribution in [2.45, 2.75) is 50.9 Å². The van der Waals surface area contributed by atoms with Crippen molar-refractivity contribution in [3.63, 3.8) is 0 Å². The molecule has 1 aromatic rings. The molecule has 148 valence electrons. The number of halogens is 3. The van der Waals surface area contributed by atoms with Crippen LogP contribution >= 0.6 is 0 Å². The molecule has 27 heavy (non-hydrogen) atoms. The summed E-state index contributed by atoms with van der Waals surface area (Å²) in [6.45, 7) is 0.341. The van der Waals surface area contributed by atoms with E-state index in [0.717, 1.165) is 29.1 Å². The molecular weight excluding hydrogens is 359 g/mol. The zero-order valence-electron chi connectivity index (χ0n) is 15.3. The number of urea groups is 1. The smallest absolute Gasteiger partial charge is 0.323 e. The summed E-state index contributed by atoms with van der Waals surface area (Å²) in [5, 5.41) is 2.78. The minimum absolute atomic E-state index is 0.0000361. The molecule has 1 aliphatic carbocycles. The summed E-state index contributed by atoms with van der Waals surface area (Å²) in [4.78, 5) is 27.5. The third-order valence-corrected chi connectivity index (χ3v) is 5.49. The van der Waals surface area contributed by atoms with Gasteiger partial charge in [-0.05, 0) is 24.3 Å². The number of nitrogens with zero attached hydrogens (tertiary/aromatic N) is 2. The van der Waals surface area contributed by atoms with Crippen LogP contribution in [0.25, 0.3) is 0 Å². The van der Waals surface area contributed by atoms with Gasteiger partial charge in [-0.15, -0.1) is 0 Å². The average molecular weight is 383 g/mol. The molecular formula is C19H24F3N3O2. The van der Waals surface area contributed by atoms with E-state index in [0.29, 0.717) is 12.0 Å². The van der Waals surface area contributed by atoms with Crippen LogP contribution in [0, 0.1) is 5.92 Å². The summed E-state index contributed by atoms with van der Waals surface area (Å²) in [6.07, 6.45) is -1.27. The molecule has 5 nitrogen and oxygen atoms in total. The SMILES string of the molecule is C[C@@H]1CCCC[C@]12NC(=O)N(CN(Cc1ccccc1)CC(F)(F)F)C2=O. The normalized spacial score (nSPS) is 26.1. The van der Waals surface area contributed by atoms with Gasteiger partial charge in [-0.1, -0.05) is 50.1 Å². The number of carbonyl (C=O) groups excluding carboxylic acids is 2. The lowest BCUT2D eigenvalue weighted by molar-refractivity contribution is -0.154. The van der Waals surface area contributed by atoms with Crippen molar-refractivity contribution in [1.82, 2.24) is 15.1 Å². The van der Waals surface area contributed by atoms with Crippen LogP contribution in [0.1, 0.15) is 38.2 Å². The molecule has 0 radical (unpaired) electrons. The Morgan fingerprint density at radius 1 is 1.22 bits per heavy atom. The number of amides is 3. The van der Waals surface area contributed by atoms with Crippen molar-refractivity contribution in [3.8, 4) is 0 Å². The van der Waals surface area contributed by atoms with E-state index < -0.39 is 30.2 Å². The molecule has 1 saturated heterocycles. The van der Waals surface area contributed by atoms with E-state index in [1.165, 1.54) is 0 Å². The molecule has 2 aliphatic rings. The molecule has 3 amide bonds. The van der Waals surface area contributed by atoms with E-state index in [9.17, 15) is 22.8 Å². The summed E-state index contributed by atoms with van der Waals surface area (Å²) in [6, 6.07) is 8.11. The maximum absolute atomic E-state index is 13.0. The van der Waals surface area contributed by atoms with Gasteiger partial charge in [0.15, 0.2) is 0 Å². The van der Waals surface area contributed by atoms with Gasteiger partial charge in [-0.25, -0.2) is 9.69 Å². The highest BCUT2D eigenvalue weighted by atomic mass is 19.4. The van der Waals surface area contributed by atoms with Crippen molar-refractivity contribution < 1.29 is 22.8 Å². The number of benzene rings is 1. The number of nitrogens with one attached hydrogen (secondary N) is 1. The topological polar surface area (TPSA) is 52.7 Å². The molecule has 1 saturated carbocycles. The molecule has 0 aromatic heterocycles. The number of hydrogen-bond donors (Lipinski definition) is 1. The predicted octanol–water partition coefficient (Wildman–Crippen LogP) is 3.51. The lowest BCUT2D eigenvalue weighted by Crippen LogP contribution is -2.54. The Morgan fingerprint density at radius 2 is 1.93 bits per heavy atom. The van der Waals surface area contributed by atoms with Crippen LogP contribution in [-0.4, -0.2) is 46.7 Å². The first-order valence-corrected chi connectivity index (χ1v) is 9.18. The highest BCUT2D eigenvalue weighted by Crippen LogP contribution is 2.38. The second-order valence-electron chi connectivity index (χ2n) is 7.51. The second-order valence-corrected chi connectivity index (χ2v) is 7.51. The first-order chi connectivity index (χ1) is 12.7. The Kier molecular flexibility index (Phi) is 5.46. The maximum Gasteiger partial charge on any atom is 0.401 e. The number of rotatable bonds is 5. The molecule has 0 bridgehead atoms. The fraction of sp³-hybridized carbons (Fsp3) is 0.579. The van der Waals surface area contributed by atoms with E-state index in [1.807, 2.05) is 6.92 Å². The molecule has 1 heterocycles. The number of alkyl halides is 3. The van der Waals surface area contributed by atoms with Crippen molar-refractivity contribution in [2.75, 3.05) is 13.2 Å². The fourth-order valence-corrected chi connectivity index (χ4v) is 4.07. The molecule has 2 fully saturated rings. The Morgan fingerprint density at radius 3 is 2.56 bits per heavy atom. The number of hydrogen-bond acceptors (Lipinski definition) is 3. The van der Waals surface area contributed by atoms with Gasteiger partial charge in [0.2, 0.25) is 0 Å². The van der Waals surface area contributed by atoms with Gasteiger partial charge in [0, 0.05) is 6.54 Å². The van der Waals surface area contributed by atoms with Gasteiger partial charge in [-0.2, -0.15) is 13.2 Å². The molecule has 2 atom stereocenters. The zero-order chi connectivity index (χ0) is 19.7. The fourth-order valence-electron chi connectivity index (χ4n) is 4.07. The van der Waals surface area contributed by atoms with Gasteiger partial charge in [0.05, 0.1) is 13.2 Å². The van der Waals surface area contributed by atoms with Gasteiger partial charge in [0.1, 0.15) is 5.54 Å². The minimum Gasteiger partial charge on any atom is -0.323 e. The monoisotopic (exact) mass is 383 g/mol. The van der Waals surface area contributed by atoms with Crippen molar-refractivity contribution >= 4 is 11.9 Å². The van der Waals surface area contributed by atoms with E-state index in [-0.39, 0.29) is 19.1 Å². The van der Waals surface area contributed by atoms with Crippen LogP contribution in [0.15, 0.2) is 30.3 Å². The Bertz CT molecular complexity index is 695. The van der Waals surface area contributed by atoms with Gasteiger partial charge in [-0.3, -0.25) is 9.69 Å². The Labute approximate surface area is 156 Å². The van der Waals surface area contributed by atoms with E-state index in [1.54, 1.807) is 30.3 Å². The zero-order valence-corrected chi connectivity index (χ0v) is 15.3. The van der Waals surface area contributed by atoms with Gasteiger partial charge in [0.25, 0.3) is 5.91 Å². The van der Waals surface area contributed by atoms with Gasteiger partial charge < -0.3 is 5.32 Å². The van der Waals surface area contributed by atoms with Crippen LogP contribution in [0.2, 0.25) is 0 Å². The summed E-state index contributed by atoms with van der Waals surface area (Å²) < 4.78 is 39.1. The summed E-state index contributed by atoms with van der Waals surface area (Å²) >= 11 is 0. The van der Waals surface area contributed by atoms with Gasteiger partial charge >= 0.3 is 12.2 Å². The molecule has 0 unspecified atom stereocenters. The first-order valence-electron chi connectivity index (χ1n) is 9.18. The number of carbonyl (C=O) groups is 2. The van der Waals surface area contributed by atoms with Crippen LogP contribution < -0.4 is 5.32 Å². The van der Waals surface area contributed by atoms with E-state index in [2.05, 4.69) is 5.32 Å². The third kappa shape index (κ3) is 4.26. The molecule has 3 rings (SSSR count). The Hall–Kier alpha value is -2.09.